The van der Waals surface area contributed by atoms with E-state index >= 15 is 0 Å². The minimum Gasteiger partial charge on any atom is -0.378 e. The average Bonchev–Trinajstić information content (AvgIpc) is 2.73. The van der Waals surface area contributed by atoms with Gasteiger partial charge >= 0.3 is 0 Å². The van der Waals surface area contributed by atoms with Crippen LogP contribution in [0, 0.1) is 0 Å². The highest BCUT2D eigenvalue weighted by molar-refractivity contribution is 6.02. The molecule has 2 N–H and O–H groups in total. The minimum atomic E-state index is -1.02. The summed E-state index contributed by atoms with van der Waals surface area (Å²) >= 11 is 0. The molecule has 0 saturated carbocycles. The highest BCUT2D eigenvalue weighted by Gasteiger charge is 2.29. The fraction of sp³-hybridized carbons (Fsp3) is 0.533. The first-order valence-electron chi connectivity index (χ1n) is 7.22. The number of hydrogen-bond donors (Lipinski definition) is 2. The van der Waals surface area contributed by atoms with Gasteiger partial charge in [-0.3, -0.25) is 9.69 Å². The van der Waals surface area contributed by atoms with Crippen molar-refractivity contribution in [2.75, 3.05) is 36.4 Å². The van der Waals surface area contributed by atoms with Gasteiger partial charge < -0.3 is 15.3 Å². The van der Waals surface area contributed by atoms with Crippen LogP contribution < -0.4 is 10.2 Å². The molecule has 2 heterocycles. The van der Waals surface area contributed by atoms with Crippen molar-refractivity contribution in [1.29, 1.82) is 0 Å². The maximum Gasteiger partial charge on any atom is 0.257 e. The molecule has 1 aromatic carbocycles. The molecule has 2 atom stereocenters. The fourth-order valence-electron chi connectivity index (χ4n) is 3.13. The van der Waals surface area contributed by atoms with Crippen molar-refractivity contribution in [1.82, 2.24) is 4.90 Å². The Kier molecular flexibility index (Phi) is 3.40. The molecule has 2 aliphatic rings. The van der Waals surface area contributed by atoms with Gasteiger partial charge in [-0.15, -0.1) is 0 Å². The highest BCUT2D eigenvalue weighted by Crippen LogP contribution is 2.34. The van der Waals surface area contributed by atoms with Gasteiger partial charge in [0.2, 0.25) is 0 Å². The van der Waals surface area contributed by atoms with Gasteiger partial charge in [-0.25, -0.2) is 0 Å². The lowest BCUT2D eigenvalue weighted by atomic mass is 10.1. The molecule has 0 spiro atoms. The second-order valence-electron chi connectivity index (χ2n) is 5.59. The Labute approximate surface area is 119 Å². The molecule has 2 unspecified atom stereocenters. The Morgan fingerprint density at radius 2 is 2.20 bits per heavy atom. The summed E-state index contributed by atoms with van der Waals surface area (Å²) in [5.41, 5.74) is 2.53. The van der Waals surface area contributed by atoms with Crippen LogP contribution in [0.3, 0.4) is 0 Å². The highest BCUT2D eigenvalue weighted by atomic mass is 16.3. The van der Waals surface area contributed by atoms with Crippen molar-refractivity contribution in [3.63, 3.8) is 0 Å². The van der Waals surface area contributed by atoms with E-state index in [-0.39, 0.29) is 5.91 Å². The number of aliphatic hydroxyl groups excluding tert-OH is 1. The number of nitrogens with one attached hydrogen (secondary N) is 1. The van der Waals surface area contributed by atoms with Gasteiger partial charge in [0.15, 0.2) is 6.10 Å². The molecular weight excluding hydrogens is 254 g/mol. The van der Waals surface area contributed by atoms with Gasteiger partial charge in [0, 0.05) is 42.6 Å². The third-order valence-electron chi connectivity index (χ3n) is 4.37. The second-order valence-corrected chi connectivity index (χ2v) is 5.59. The number of hydrogen-bond acceptors (Lipinski definition) is 4. The molecule has 0 bridgehead atoms. The number of likely N-dealkylation sites (N-methyl/N-ethyl adjacent to an activating group) is 1. The number of carbonyl (C=O) groups is 1. The quantitative estimate of drug-likeness (QED) is 0.851. The lowest BCUT2D eigenvalue weighted by molar-refractivity contribution is -0.123. The maximum atomic E-state index is 11.5. The van der Waals surface area contributed by atoms with Crippen LogP contribution in [0.25, 0.3) is 0 Å². The Morgan fingerprint density at radius 3 is 2.90 bits per heavy atom. The molecule has 1 amide bonds. The van der Waals surface area contributed by atoms with E-state index in [0.717, 1.165) is 37.6 Å². The van der Waals surface area contributed by atoms with E-state index in [2.05, 4.69) is 29.0 Å². The van der Waals surface area contributed by atoms with E-state index in [1.807, 2.05) is 18.2 Å². The van der Waals surface area contributed by atoms with E-state index in [4.69, 9.17) is 0 Å². The summed E-state index contributed by atoms with van der Waals surface area (Å²) in [5, 5.41) is 12.5. The molecule has 3 rings (SSSR count). The molecule has 1 saturated heterocycles. The standard InChI is InChI=1S/C15H21N3O2/c1-3-17-6-7-18(9-10(17)2)11-4-5-12-13(8-11)16-15(20)14(12)19/h4-5,8,10,14,19H,3,6-7,9H2,1-2H3,(H,16,20). The molecule has 0 aliphatic carbocycles. The van der Waals surface area contributed by atoms with E-state index < -0.39 is 6.10 Å². The van der Waals surface area contributed by atoms with E-state index in [0.29, 0.717) is 11.6 Å². The van der Waals surface area contributed by atoms with Crippen LogP contribution in [-0.4, -0.2) is 48.1 Å². The number of fused-ring (bicyclic) bond motifs is 1. The zero-order valence-electron chi connectivity index (χ0n) is 12.0. The topological polar surface area (TPSA) is 55.8 Å². The number of rotatable bonds is 2. The van der Waals surface area contributed by atoms with Gasteiger partial charge in [-0.2, -0.15) is 0 Å². The molecule has 0 aromatic heterocycles. The predicted octanol–water partition coefficient (Wildman–Crippen LogP) is 1.20. The zero-order valence-corrected chi connectivity index (χ0v) is 12.0. The van der Waals surface area contributed by atoms with Crippen LogP contribution in [0.4, 0.5) is 11.4 Å². The molecule has 5 nitrogen and oxygen atoms in total. The van der Waals surface area contributed by atoms with Crippen LogP contribution >= 0.6 is 0 Å². The largest absolute Gasteiger partial charge is 0.378 e. The molecule has 1 aromatic rings. The van der Waals surface area contributed by atoms with Crippen LogP contribution in [0.5, 0.6) is 0 Å². The van der Waals surface area contributed by atoms with Crippen molar-refractivity contribution in [3.05, 3.63) is 23.8 Å². The van der Waals surface area contributed by atoms with Crippen LogP contribution in [-0.2, 0) is 4.79 Å². The van der Waals surface area contributed by atoms with Gasteiger partial charge in [-0.1, -0.05) is 13.0 Å². The summed E-state index contributed by atoms with van der Waals surface area (Å²) in [6, 6.07) is 6.35. The first-order valence-corrected chi connectivity index (χ1v) is 7.22. The fourth-order valence-corrected chi connectivity index (χ4v) is 3.13. The third kappa shape index (κ3) is 2.17. The maximum absolute atomic E-state index is 11.5. The van der Waals surface area contributed by atoms with Crippen molar-refractivity contribution in [2.24, 2.45) is 0 Å². The van der Waals surface area contributed by atoms with Crippen molar-refractivity contribution < 1.29 is 9.90 Å². The zero-order chi connectivity index (χ0) is 14.3. The molecular formula is C15H21N3O2. The molecule has 5 heteroatoms. The Hall–Kier alpha value is -1.59. The van der Waals surface area contributed by atoms with E-state index in [9.17, 15) is 9.90 Å². The Balaban J connectivity index is 1.80. The average molecular weight is 275 g/mol. The molecule has 108 valence electrons. The predicted molar refractivity (Wildman–Crippen MR) is 79.0 cm³/mol. The lowest BCUT2D eigenvalue weighted by Crippen LogP contribution is -2.51. The number of anilines is 2. The SMILES string of the molecule is CCN1CCN(c2ccc3c(c2)NC(=O)C3O)CC1C. The van der Waals surface area contributed by atoms with Gasteiger partial charge in [0.05, 0.1) is 0 Å². The van der Waals surface area contributed by atoms with Crippen LogP contribution in [0.1, 0.15) is 25.5 Å². The summed E-state index contributed by atoms with van der Waals surface area (Å²) in [7, 11) is 0. The first-order chi connectivity index (χ1) is 9.60. The number of piperazine rings is 1. The lowest BCUT2D eigenvalue weighted by Gasteiger charge is -2.40. The molecule has 1 fully saturated rings. The summed E-state index contributed by atoms with van der Waals surface area (Å²) in [6.07, 6.45) is -1.02. The number of aliphatic hydroxyl groups is 1. The van der Waals surface area contributed by atoms with Crippen molar-refractivity contribution in [2.45, 2.75) is 26.0 Å². The summed E-state index contributed by atoms with van der Waals surface area (Å²) < 4.78 is 0. The van der Waals surface area contributed by atoms with E-state index in [1.54, 1.807) is 0 Å². The van der Waals surface area contributed by atoms with E-state index in [1.165, 1.54) is 0 Å². The van der Waals surface area contributed by atoms with Crippen LogP contribution in [0.15, 0.2) is 18.2 Å². The third-order valence-corrected chi connectivity index (χ3v) is 4.37. The smallest absolute Gasteiger partial charge is 0.257 e. The Morgan fingerprint density at radius 1 is 1.40 bits per heavy atom. The van der Waals surface area contributed by atoms with Crippen molar-refractivity contribution >= 4 is 17.3 Å². The number of carbonyl (C=O) groups excluding carboxylic acids is 1. The van der Waals surface area contributed by atoms with Crippen LogP contribution in [0.2, 0.25) is 0 Å². The molecule has 2 aliphatic heterocycles. The Bertz CT molecular complexity index is 532. The normalized spacial score (nSPS) is 26.6. The number of nitrogens with zero attached hydrogens (tertiary/aromatic N) is 2. The van der Waals surface area contributed by atoms with Gasteiger partial charge in [0.1, 0.15) is 0 Å². The number of amides is 1. The molecule has 0 radical (unpaired) electrons. The number of benzene rings is 1. The van der Waals surface area contributed by atoms with Gasteiger partial charge in [-0.05, 0) is 25.6 Å². The van der Waals surface area contributed by atoms with Gasteiger partial charge in [0.25, 0.3) is 5.91 Å². The molecule has 20 heavy (non-hydrogen) atoms. The van der Waals surface area contributed by atoms with Crippen molar-refractivity contribution in [3.8, 4) is 0 Å². The second kappa shape index (κ2) is 5.07. The summed E-state index contributed by atoms with van der Waals surface area (Å²) in [6.45, 7) is 8.56. The monoisotopic (exact) mass is 275 g/mol. The minimum absolute atomic E-state index is 0.332. The first kappa shape index (κ1) is 13.4. The summed E-state index contributed by atoms with van der Waals surface area (Å²) in [5.74, 6) is -0.332. The summed E-state index contributed by atoms with van der Waals surface area (Å²) in [4.78, 5) is 16.3.